The Kier molecular flexibility index (Phi) is 7.17. The van der Waals surface area contributed by atoms with Gasteiger partial charge in [0.1, 0.15) is 12.6 Å². The monoisotopic (exact) mass is 466 g/mol. The number of aliphatic hydroxyl groups is 1. The average molecular weight is 467 g/mol. The highest BCUT2D eigenvalue weighted by atomic mass is 16.5. The number of hydrogen-bond acceptors (Lipinski definition) is 5. The molecular weight excluding hydrogens is 436 g/mol. The van der Waals surface area contributed by atoms with Crippen molar-refractivity contribution < 1.29 is 29.3 Å². The van der Waals surface area contributed by atoms with Crippen LogP contribution in [0.5, 0.6) is 0 Å². The van der Waals surface area contributed by atoms with Gasteiger partial charge in [0.25, 0.3) is 0 Å². The number of aliphatic hydroxyl groups excluding tert-OH is 1. The molecule has 1 saturated carbocycles. The van der Waals surface area contributed by atoms with Crippen LogP contribution in [0.1, 0.15) is 49.1 Å². The van der Waals surface area contributed by atoms with Crippen LogP contribution < -0.4 is 10.6 Å². The first kappa shape index (κ1) is 23.8. The van der Waals surface area contributed by atoms with E-state index in [1.54, 1.807) is 0 Å². The van der Waals surface area contributed by atoms with Crippen LogP contribution in [0.3, 0.4) is 0 Å². The summed E-state index contributed by atoms with van der Waals surface area (Å²) in [7, 11) is 0. The highest BCUT2D eigenvalue weighted by molar-refractivity contribution is 5.88. The molecule has 4 rings (SSSR count). The predicted molar refractivity (Wildman–Crippen MR) is 125 cm³/mol. The van der Waals surface area contributed by atoms with E-state index in [2.05, 4.69) is 22.8 Å². The van der Waals surface area contributed by atoms with Crippen molar-refractivity contribution in [3.05, 3.63) is 59.7 Å². The Hall–Kier alpha value is -3.39. The van der Waals surface area contributed by atoms with Crippen molar-refractivity contribution in [3.8, 4) is 11.1 Å². The number of hydrogen-bond donors (Lipinski definition) is 4. The Bertz CT molecular complexity index is 1020. The Morgan fingerprint density at radius 3 is 2.15 bits per heavy atom. The van der Waals surface area contributed by atoms with Crippen LogP contribution in [0.2, 0.25) is 0 Å². The van der Waals surface area contributed by atoms with Gasteiger partial charge in [0.2, 0.25) is 5.91 Å². The minimum atomic E-state index is -1.19. The minimum Gasteiger partial charge on any atom is -0.480 e. The number of aliphatic carboxylic acids is 1. The lowest BCUT2D eigenvalue weighted by Gasteiger charge is -2.29. The van der Waals surface area contributed by atoms with E-state index in [9.17, 15) is 19.5 Å². The van der Waals surface area contributed by atoms with Gasteiger partial charge in [0.05, 0.1) is 5.41 Å². The molecule has 0 aliphatic heterocycles. The maximum atomic E-state index is 13.0. The third-order valence-corrected chi connectivity index (χ3v) is 6.98. The summed E-state index contributed by atoms with van der Waals surface area (Å²) in [6.07, 6.45) is 2.06. The first-order valence-corrected chi connectivity index (χ1v) is 11.7. The molecule has 0 aromatic heterocycles. The van der Waals surface area contributed by atoms with Gasteiger partial charge in [-0.1, -0.05) is 61.4 Å². The third kappa shape index (κ3) is 4.77. The fourth-order valence-corrected chi connectivity index (χ4v) is 5.12. The molecule has 2 aliphatic rings. The molecule has 0 spiro atoms. The zero-order valence-electron chi connectivity index (χ0n) is 19.0. The molecule has 180 valence electrons. The van der Waals surface area contributed by atoms with E-state index in [1.165, 1.54) is 0 Å². The molecule has 8 heteroatoms. The molecule has 1 fully saturated rings. The Labute approximate surface area is 198 Å². The molecule has 0 heterocycles. The number of carboxylic acids is 1. The SMILES string of the molecule is O=C(NCC1(C(=O)NC(CCO)C(=O)O)CCCC1)OCC1c2ccccc2-c2ccccc21. The highest BCUT2D eigenvalue weighted by Crippen LogP contribution is 2.44. The van der Waals surface area contributed by atoms with Crippen molar-refractivity contribution >= 4 is 18.0 Å². The second-order valence-corrected chi connectivity index (χ2v) is 9.04. The van der Waals surface area contributed by atoms with Crippen LogP contribution in [0, 0.1) is 5.41 Å². The summed E-state index contributed by atoms with van der Waals surface area (Å²) in [6, 6.07) is 15.0. The van der Waals surface area contributed by atoms with Gasteiger partial charge < -0.3 is 25.6 Å². The number of nitrogens with one attached hydrogen (secondary N) is 2. The topological polar surface area (TPSA) is 125 Å². The quantitative estimate of drug-likeness (QED) is 0.450. The van der Waals surface area contributed by atoms with Crippen LogP contribution in [0.25, 0.3) is 11.1 Å². The summed E-state index contributed by atoms with van der Waals surface area (Å²) >= 11 is 0. The molecule has 2 amide bonds. The molecule has 0 bridgehead atoms. The van der Waals surface area contributed by atoms with E-state index < -0.39 is 29.4 Å². The van der Waals surface area contributed by atoms with Crippen LogP contribution in [-0.2, 0) is 14.3 Å². The number of ether oxygens (including phenoxy) is 1. The molecule has 8 nitrogen and oxygen atoms in total. The fraction of sp³-hybridized carbons (Fsp3) is 0.423. The van der Waals surface area contributed by atoms with Gasteiger partial charge in [-0.3, -0.25) is 4.79 Å². The zero-order valence-corrected chi connectivity index (χ0v) is 19.0. The summed E-state index contributed by atoms with van der Waals surface area (Å²) in [4.78, 5) is 36.9. The van der Waals surface area contributed by atoms with E-state index in [1.807, 2.05) is 36.4 Å². The van der Waals surface area contributed by atoms with Gasteiger partial charge in [0.15, 0.2) is 0 Å². The number of fused-ring (bicyclic) bond motifs is 3. The number of carbonyl (C=O) groups is 3. The van der Waals surface area contributed by atoms with E-state index in [-0.39, 0.29) is 32.1 Å². The molecule has 1 unspecified atom stereocenters. The Morgan fingerprint density at radius 2 is 1.59 bits per heavy atom. The second kappa shape index (κ2) is 10.3. The normalized spacial score (nSPS) is 16.9. The van der Waals surface area contributed by atoms with Gasteiger partial charge in [-0.2, -0.15) is 0 Å². The Morgan fingerprint density at radius 1 is 1.00 bits per heavy atom. The van der Waals surface area contributed by atoms with Crippen molar-refractivity contribution in [1.29, 1.82) is 0 Å². The molecule has 2 aromatic rings. The average Bonchev–Trinajstić information content (AvgIpc) is 3.45. The Balaban J connectivity index is 1.37. The number of rotatable bonds is 9. The van der Waals surface area contributed by atoms with Crippen molar-refractivity contribution in [1.82, 2.24) is 10.6 Å². The number of carbonyl (C=O) groups excluding carboxylic acids is 2. The van der Waals surface area contributed by atoms with Crippen molar-refractivity contribution in [2.45, 2.75) is 44.1 Å². The lowest BCUT2D eigenvalue weighted by molar-refractivity contribution is -0.144. The summed E-state index contributed by atoms with van der Waals surface area (Å²) in [5.74, 6) is -1.67. The third-order valence-electron chi connectivity index (χ3n) is 6.98. The molecular formula is C26H30N2O6. The number of amides is 2. The van der Waals surface area contributed by atoms with E-state index in [4.69, 9.17) is 9.84 Å². The van der Waals surface area contributed by atoms with E-state index in [0.717, 1.165) is 35.1 Å². The number of carboxylic acid groups (broad SMARTS) is 1. The van der Waals surface area contributed by atoms with Crippen molar-refractivity contribution in [2.24, 2.45) is 5.41 Å². The van der Waals surface area contributed by atoms with Crippen molar-refractivity contribution in [2.75, 3.05) is 19.8 Å². The van der Waals surface area contributed by atoms with Gasteiger partial charge in [-0.05, 0) is 35.1 Å². The molecule has 34 heavy (non-hydrogen) atoms. The second-order valence-electron chi connectivity index (χ2n) is 9.04. The number of alkyl carbamates (subject to hydrolysis) is 1. The van der Waals surface area contributed by atoms with Crippen LogP contribution in [0.15, 0.2) is 48.5 Å². The zero-order chi connectivity index (χ0) is 24.1. The first-order valence-electron chi connectivity index (χ1n) is 11.7. The molecule has 4 N–H and O–H groups in total. The molecule has 2 aliphatic carbocycles. The summed E-state index contributed by atoms with van der Waals surface area (Å²) in [6.45, 7) is -0.0974. The van der Waals surface area contributed by atoms with Gasteiger partial charge in [-0.25, -0.2) is 9.59 Å². The van der Waals surface area contributed by atoms with Gasteiger partial charge >= 0.3 is 12.1 Å². The first-order chi connectivity index (χ1) is 16.4. The van der Waals surface area contributed by atoms with E-state index in [0.29, 0.717) is 12.8 Å². The largest absolute Gasteiger partial charge is 0.480 e. The van der Waals surface area contributed by atoms with Crippen molar-refractivity contribution in [3.63, 3.8) is 0 Å². The standard InChI is InChI=1S/C26H30N2O6/c29-14-11-22(23(30)31)28-24(32)26(12-5-6-13-26)16-27-25(33)34-15-21-19-9-3-1-7-17(19)18-8-2-4-10-20(18)21/h1-4,7-10,21-22,29H,5-6,11-16H2,(H,27,33)(H,28,32)(H,30,31). The van der Waals surface area contributed by atoms with Crippen LogP contribution >= 0.6 is 0 Å². The predicted octanol–water partition coefficient (Wildman–Crippen LogP) is 3.04. The molecule has 1 atom stereocenters. The van der Waals surface area contributed by atoms with E-state index >= 15 is 0 Å². The highest BCUT2D eigenvalue weighted by Gasteiger charge is 2.43. The molecule has 0 saturated heterocycles. The molecule has 0 radical (unpaired) electrons. The van der Waals surface area contributed by atoms with Crippen LogP contribution in [0.4, 0.5) is 4.79 Å². The maximum Gasteiger partial charge on any atom is 0.407 e. The number of benzene rings is 2. The summed E-state index contributed by atoms with van der Waals surface area (Å²) in [5.41, 5.74) is 3.64. The smallest absolute Gasteiger partial charge is 0.407 e. The summed E-state index contributed by atoms with van der Waals surface area (Å²) in [5, 5.41) is 23.6. The lowest BCUT2D eigenvalue weighted by atomic mass is 9.84. The van der Waals surface area contributed by atoms with Crippen LogP contribution in [-0.4, -0.2) is 54.0 Å². The summed E-state index contributed by atoms with van der Waals surface area (Å²) < 4.78 is 5.57. The maximum absolute atomic E-state index is 13.0. The minimum absolute atomic E-state index is 0.0586. The van der Waals surface area contributed by atoms with Gasteiger partial charge in [-0.15, -0.1) is 0 Å². The van der Waals surface area contributed by atoms with Gasteiger partial charge in [0, 0.05) is 25.5 Å². The molecule has 2 aromatic carbocycles. The fourth-order valence-electron chi connectivity index (χ4n) is 5.12. The lowest BCUT2D eigenvalue weighted by Crippen LogP contribution is -2.52.